The number of benzene rings is 1. The van der Waals surface area contributed by atoms with Crippen molar-refractivity contribution in [3.8, 4) is 0 Å². The van der Waals surface area contributed by atoms with Crippen LogP contribution in [-0.2, 0) is 11.2 Å². The Kier molecular flexibility index (Phi) is 2.56. The number of rotatable bonds is 1. The Morgan fingerprint density at radius 3 is 2.95 bits per heavy atom. The number of para-hydroxylation sites is 1. The van der Waals surface area contributed by atoms with Crippen LogP contribution < -0.4 is 4.90 Å². The van der Waals surface area contributed by atoms with Gasteiger partial charge in [0.1, 0.15) is 0 Å². The summed E-state index contributed by atoms with van der Waals surface area (Å²) in [5.41, 5.74) is 3.65. The first-order valence-corrected chi connectivity index (χ1v) is 7.14. The lowest BCUT2D eigenvalue weighted by atomic mass is 9.88. The molecule has 0 bridgehead atoms. The van der Waals surface area contributed by atoms with Gasteiger partial charge >= 0.3 is 0 Å². The van der Waals surface area contributed by atoms with E-state index in [-0.39, 0.29) is 5.60 Å². The van der Waals surface area contributed by atoms with Crippen LogP contribution in [0.15, 0.2) is 72.7 Å². The second kappa shape index (κ2) is 4.41. The molecule has 2 heteroatoms. The van der Waals surface area contributed by atoms with Crippen LogP contribution in [0, 0.1) is 0 Å². The summed E-state index contributed by atoms with van der Waals surface area (Å²) in [4.78, 5) is 2.41. The van der Waals surface area contributed by atoms with Gasteiger partial charge in [-0.2, -0.15) is 0 Å². The zero-order chi connectivity index (χ0) is 13.4. The molecular weight excluding hydrogens is 246 g/mol. The largest absolute Gasteiger partial charge is 0.484 e. The molecule has 2 heterocycles. The Labute approximate surface area is 119 Å². The fourth-order valence-electron chi connectivity index (χ4n) is 3.27. The van der Waals surface area contributed by atoms with Crippen molar-refractivity contribution in [2.45, 2.75) is 18.4 Å². The Morgan fingerprint density at radius 2 is 2.05 bits per heavy atom. The third-order valence-electron chi connectivity index (χ3n) is 4.26. The summed E-state index contributed by atoms with van der Waals surface area (Å²) in [7, 11) is 0. The summed E-state index contributed by atoms with van der Waals surface area (Å²) >= 11 is 0. The zero-order valence-corrected chi connectivity index (χ0v) is 11.3. The minimum absolute atomic E-state index is 0.332. The predicted molar refractivity (Wildman–Crippen MR) is 81.4 cm³/mol. The topological polar surface area (TPSA) is 12.5 Å². The number of hydrogen-bond acceptors (Lipinski definition) is 2. The molecular formula is C18H17NO. The maximum Gasteiger partial charge on any atom is 0.170 e. The van der Waals surface area contributed by atoms with Gasteiger partial charge in [0.15, 0.2) is 5.60 Å². The first-order chi connectivity index (χ1) is 9.89. The lowest BCUT2D eigenvalue weighted by molar-refractivity contribution is 0.0982. The molecule has 1 aromatic carbocycles. The van der Waals surface area contributed by atoms with E-state index in [1.54, 1.807) is 6.26 Å². The number of allylic oxidation sites excluding steroid dienone is 4. The van der Waals surface area contributed by atoms with Gasteiger partial charge in [0.25, 0.3) is 0 Å². The van der Waals surface area contributed by atoms with E-state index in [2.05, 4.69) is 59.5 Å². The van der Waals surface area contributed by atoms with E-state index in [9.17, 15) is 0 Å². The maximum absolute atomic E-state index is 6.02. The van der Waals surface area contributed by atoms with Crippen molar-refractivity contribution < 1.29 is 4.74 Å². The highest BCUT2D eigenvalue weighted by Crippen LogP contribution is 2.40. The quantitative estimate of drug-likeness (QED) is 0.765. The first kappa shape index (κ1) is 11.6. The molecule has 1 aromatic rings. The van der Waals surface area contributed by atoms with Crippen LogP contribution in [0.1, 0.15) is 12.0 Å². The highest BCUT2D eigenvalue weighted by Gasteiger charge is 2.39. The van der Waals surface area contributed by atoms with Gasteiger partial charge in [0.2, 0.25) is 0 Å². The van der Waals surface area contributed by atoms with Crippen LogP contribution in [0.3, 0.4) is 0 Å². The van der Waals surface area contributed by atoms with Gasteiger partial charge in [0, 0.05) is 18.7 Å². The smallest absolute Gasteiger partial charge is 0.170 e. The van der Waals surface area contributed by atoms with Crippen LogP contribution >= 0.6 is 0 Å². The molecule has 1 spiro atoms. The van der Waals surface area contributed by atoms with Crippen molar-refractivity contribution in [3.05, 3.63) is 78.2 Å². The van der Waals surface area contributed by atoms with Crippen molar-refractivity contribution >= 4 is 5.69 Å². The summed E-state index contributed by atoms with van der Waals surface area (Å²) in [6, 6.07) is 8.66. The normalized spacial score (nSPS) is 26.6. The molecule has 0 saturated heterocycles. The molecule has 2 aliphatic heterocycles. The van der Waals surface area contributed by atoms with Crippen molar-refractivity contribution in [2.75, 3.05) is 11.4 Å². The molecule has 0 N–H and O–H groups in total. The second-order valence-electron chi connectivity index (χ2n) is 5.41. The molecule has 3 aliphatic rings. The third kappa shape index (κ3) is 1.64. The van der Waals surface area contributed by atoms with E-state index in [0.717, 1.165) is 19.4 Å². The standard InChI is InChI=1S/C18H17NO/c1-2-8-16-15(7-1)10-13-19(16)17-9-3-4-11-18(17)12-5-6-14-20-18/h1-9,12,14H,10-11,13H2. The van der Waals surface area contributed by atoms with Gasteiger partial charge in [-0.1, -0.05) is 36.4 Å². The fourth-order valence-corrected chi connectivity index (χ4v) is 3.27. The summed E-state index contributed by atoms with van der Waals surface area (Å²) in [5, 5.41) is 0. The summed E-state index contributed by atoms with van der Waals surface area (Å²) in [5.74, 6) is 0. The highest BCUT2D eigenvalue weighted by molar-refractivity contribution is 5.65. The van der Waals surface area contributed by atoms with Crippen molar-refractivity contribution in [2.24, 2.45) is 0 Å². The minimum atomic E-state index is -0.332. The zero-order valence-electron chi connectivity index (χ0n) is 11.3. The molecule has 2 nitrogen and oxygen atoms in total. The van der Waals surface area contributed by atoms with E-state index in [1.807, 2.05) is 6.08 Å². The lowest BCUT2D eigenvalue weighted by Crippen LogP contribution is -2.41. The highest BCUT2D eigenvalue weighted by atomic mass is 16.5. The summed E-state index contributed by atoms with van der Waals surface area (Å²) < 4.78 is 6.02. The molecule has 20 heavy (non-hydrogen) atoms. The Hall–Kier alpha value is -2.22. The molecule has 1 atom stereocenters. The molecule has 1 aliphatic carbocycles. The van der Waals surface area contributed by atoms with Crippen LogP contribution in [0.2, 0.25) is 0 Å². The fraction of sp³-hybridized carbons (Fsp3) is 0.222. The van der Waals surface area contributed by atoms with Crippen LogP contribution in [-0.4, -0.2) is 12.1 Å². The molecule has 0 aromatic heterocycles. The van der Waals surface area contributed by atoms with Crippen LogP contribution in [0.5, 0.6) is 0 Å². The Morgan fingerprint density at radius 1 is 1.10 bits per heavy atom. The van der Waals surface area contributed by atoms with Gasteiger partial charge in [-0.15, -0.1) is 0 Å². The lowest BCUT2D eigenvalue weighted by Gasteiger charge is -2.39. The summed E-state index contributed by atoms with van der Waals surface area (Å²) in [6.45, 7) is 1.03. The number of anilines is 1. The number of hydrogen-bond donors (Lipinski definition) is 0. The van der Waals surface area contributed by atoms with Crippen molar-refractivity contribution in [1.82, 2.24) is 0 Å². The van der Waals surface area contributed by atoms with E-state index >= 15 is 0 Å². The molecule has 0 fully saturated rings. The Bertz CT molecular complexity index is 649. The molecule has 0 radical (unpaired) electrons. The number of nitrogens with zero attached hydrogens (tertiary/aromatic N) is 1. The molecule has 100 valence electrons. The third-order valence-corrected chi connectivity index (χ3v) is 4.26. The molecule has 0 amide bonds. The first-order valence-electron chi connectivity index (χ1n) is 7.14. The van der Waals surface area contributed by atoms with E-state index < -0.39 is 0 Å². The monoisotopic (exact) mass is 263 g/mol. The van der Waals surface area contributed by atoms with Gasteiger partial charge in [-0.25, -0.2) is 0 Å². The number of fused-ring (bicyclic) bond motifs is 1. The molecule has 0 saturated carbocycles. The van der Waals surface area contributed by atoms with Crippen molar-refractivity contribution in [3.63, 3.8) is 0 Å². The average Bonchev–Trinajstić information content (AvgIpc) is 2.92. The second-order valence-corrected chi connectivity index (χ2v) is 5.41. The number of ether oxygens (including phenoxy) is 1. The average molecular weight is 263 g/mol. The minimum Gasteiger partial charge on any atom is -0.484 e. The van der Waals surface area contributed by atoms with E-state index in [0.29, 0.717) is 0 Å². The van der Waals surface area contributed by atoms with Gasteiger partial charge in [0.05, 0.1) is 12.0 Å². The van der Waals surface area contributed by atoms with Gasteiger partial charge in [-0.3, -0.25) is 0 Å². The van der Waals surface area contributed by atoms with Gasteiger partial charge in [-0.05, 0) is 36.3 Å². The van der Waals surface area contributed by atoms with E-state index in [4.69, 9.17) is 4.74 Å². The molecule has 1 unspecified atom stereocenters. The SMILES string of the molecule is C1=CCC2(C=CC=CO2)C(N2CCc3ccccc32)=C1. The van der Waals surface area contributed by atoms with Crippen LogP contribution in [0.25, 0.3) is 0 Å². The summed E-state index contributed by atoms with van der Waals surface area (Å²) in [6.07, 6.45) is 16.5. The molecule has 4 rings (SSSR count). The van der Waals surface area contributed by atoms with E-state index in [1.165, 1.54) is 16.9 Å². The van der Waals surface area contributed by atoms with Crippen LogP contribution in [0.4, 0.5) is 5.69 Å². The van der Waals surface area contributed by atoms with Gasteiger partial charge < -0.3 is 9.64 Å². The predicted octanol–water partition coefficient (Wildman–Crippen LogP) is 3.73. The Balaban J connectivity index is 1.77. The van der Waals surface area contributed by atoms with Crippen molar-refractivity contribution in [1.29, 1.82) is 0 Å². The maximum atomic E-state index is 6.02.